The second kappa shape index (κ2) is 7.39. The number of nitrogens with zero attached hydrogens (tertiary/aromatic N) is 1. The van der Waals surface area contributed by atoms with Crippen LogP contribution in [0.25, 0.3) is 0 Å². The molecule has 1 aromatic carbocycles. The molecule has 2 fully saturated rings. The van der Waals surface area contributed by atoms with Gasteiger partial charge < -0.3 is 20.3 Å². The average molecular weight is 349 g/mol. The Labute approximate surface area is 146 Å². The molecule has 136 valence electrons. The maximum Gasteiger partial charge on any atom is 0.321 e. The predicted molar refractivity (Wildman–Crippen MR) is 91.7 cm³/mol. The molecular weight excluding hydrogens is 325 g/mol. The number of carbonyl (C=O) groups is 2. The molecule has 1 aromatic rings. The van der Waals surface area contributed by atoms with Gasteiger partial charge in [0, 0.05) is 32.2 Å². The van der Waals surface area contributed by atoms with Gasteiger partial charge in [0.05, 0.1) is 11.7 Å². The number of ether oxygens (including phenoxy) is 1. The minimum atomic E-state index is -0.329. The minimum Gasteiger partial charge on any atom is -0.370 e. The maximum absolute atomic E-state index is 12.9. The normalized spacial score (nSPS) is 22.0. The zero-order valence-electron chi connectivity index (χ0n) is 14.4. The Morgan fingerprint density at radius 1 is 1.24 bits per heavy atom. The van der Waals surface area contributed by atoms with Crippen molar-refractivity contribution in [3.8, 4) is 0 Å². The van der Waals surface area contributed by atoms with E-state index in [0.717, 1.165) is 25.7 Å². The van der Waals surface area contributed by atoms with Crippen molar-refractivity contribution in [2.24, 2.45) is 0 Å². The zero-order valence-corrected chi connectivity index (χ0v) is 14.4. The summed E-state index contributed by atoms with van der Waals surface area (Å²) in [5.41, 5.74) is 0.412. The molecule has 0 unspecified atom stereocenters. The summed E-state index contributed by atoms with van der Waals surface area (Å²) in [4.78, 5) is 25.1. The van der Waals surface area contributed by atoms with Crippen molar-refractivity contribution >= 4 is 17.6 Å². The predicted octanol–water partition coefficient (Wildman–Crippen LogP) is 2.51. The van der Waals surface area contributed by atoms with Crippen molar-refractivity contribution in [2.75, 3.05) is 25.0 Å². The summed E-state index contributed by atoms with van der Waals surface area (Å²) in [7, 11) is 0. The number of rotatable bonds is 3. The van der Waals surface area contributed by atoms with Crippen LogP contribution in [0, 0.1) is 5.82 Å². The summed E-state index contributed by atoms with van der Waals surface area (Å²) in [5.74, 6) is -0.373. The lowest BCUT2D eigenvalue weighted by molar-refractivity contribution is -0.120. The molecule has 0 radical (unpaired) electrons. The van der Waals surface area contributed by atoms with Crippen LogP contribution in [-0.4, -0.2) is 48.2 Å². The Hall–Kier alpha value is -2.15. The van der Waals surface area contributed by atoms with E-state index in [1.165, 1.54) is 19.1 Å². The highest BCUT2D eigenvalue weighted by molar-refractivity contribution is 5.89. The van der Waals surface area contributed by atoms with E-state index < -0.39 is 0 Å². The van der Waals surface area contributed by atoms with Crippen LogP contribution in [0.5, 0.6) is 0 Å². The quantitative estimate of drug-likeness (QED) is 0.881. The number of hydrogen-bond acceptors (Lipinski definition) is 3. The van der Waals surface area contributed by atoms with Crippen LogP contribution in [0.1, 0.15) is 32.6 Å². The van der Waals surface area contributed by atoms with Crippen molar-refractivity contribution < 1.29 is 18.7 Å². The molecule has 25 heavy (non-hydrogen) atoms. The number of urea groups is 1. The molecule has 1 atom stereocenters. The Bertz CT molecular complexity index is 627. The van der Waals surface area contributed by atoms with Crippen LogP contribution < -0.4 is 10.6 Å². The number of hydrogen-bond donors (Lipinski definition) is 2. The molecule has 3 amide bonds. The lowest BCUT2D eigenvalue weighted by Gasteiger charge is -2.39. The number of halogens is 1. The molecule has 2 aliphatic rings. The van der Waals surface area contributed by atoms with Gasteiger partial charge in [-0.15, -0.1) is 0 Å². The highest BCUT2D eigenvalue weighted by Gasteiger charge is 2.43. The summed E-state index contributed by atoms with van der Waals surface area (Å²) in [5, 5.41) is 5.59. The summed E-state index contributed by atoms with van der Waals surface area (Å²) in [6.45, 7) is 3.30. The van der Waals surface area contributed by atoms with Crippen LogP contribution in [0.3, 0.4) is 0 Å². The smallest absolute Gasteiger partial charge is 0.321 e. The van der Waals surface area contributed by atoms with Crippen molar-refractivity contribution in [3.05, 3.63) is 30.1 Å². The number of anilines is 1. The van der Waals surface area contributed by atoms with E-state index in [4.69, 9.17) is 4.74 Å². The summed E-state index contributed by atoms with van der Waals surface area (Å²) in [6, 6.07) is 5.57. The first-order chi connectivity index (χ1) is 12.0. The van der Waals surface area contributed by atoms with Gasteiger partial charge in [0.1, 0.15) is 5.82 Å². The number of piperidine rings is 1. The number of likely N-dealkylation sites (tertiary alicyclic amines) is 1. The van der Waals surface area contributed by atoms with Gasteiger partial charge in [-0.05, 0) is 49.9 Å². The number of carbonyl (C=O) groups excluding carboxylic acids is 2. The molecule has 7 heteroatoms. The van der Waals surface area contributed by atoms with E-state index in [-0.39, 0.29) is 29.5 Å². The Morgan fingerprint density at radius 2 is 1.92 bits per heavy atom. The summed E-state index contributed by atoms with van der Waals surface area (Å²) in [6.07, 6.45) is 3.54. The molecule has 3 rings (SSSR count). The van der Waals surface area contributed by atoms with Crippen LogP contribution in [-0.2, 0) is 9.53 Å². The van der Waals surface area contributed by atoms with E-state index in [1.54, 1.807) is 17.0 Å². The maximum atomic E-state index is 12.9. The summed E-state index contributed by atoms with van der Waals surface area (Å²) < 4.78 is 19.1. The number of amides is 3. The second-order valence-corrected chi connectivity index (χ2v) is 6.82. The highest BCUT2D eigenvalue weighted by atomic mass is 19.1. The van der Waals surface area contributed by atoms with Crippen LogP contribution in [0.2, 0.25) is 0 Å². The third-order valence-electron chi connectivity index (χ3n) is 4.97. The molecule has 2 saturated heterocycles. The number of benzene rings is 1. The van der Waals surface area contributed by atoms with Gasteiger partial charge in [0.2, 0.25) is 5.91 Å². The Kier molecular flexibility index (Phi) is 5.22. The molecule has 0 aliphatic carbocycles. The fourth-order valence-electron chi connectivity index (χ4n) is 3.52. The fourth-order valence-corrected chi connectivity index (χ4v) is 3.52. The van der Waals surface area contributed by atoms with Crippen LogP contribution in [0.4, 0.5) is 14.9 Å². The molecular formula is C18H24FN3O3. The lowest BCUT2D eigenvalue weighted by atomic mass is 9.88. The molecule has 0 bridgehead atoms. The molecule has 2 aliphatic heterocycles. The topological polar surface area (TPSA) is 70.7 Å². The second-order valence-electron chi connectivity index (χ2n) is 6.82. The molecule has 0 saturated carbocycles. The first-order valence-electron chi connectivity index (χ1n) is 8.70. The highest BCUT2D eigenvalue weighted by Crippen LogP contribution is 2.38. The van der Waals surface area contributed by atoms with Crippen LogP contribution in [0.15, 0.2) is 24.3 Å². The molecule has 2 heterocycles. The lowest BCUT2D eigenvalue weighted by Crippen LogP contribution is -2.48. The van der Waals surface area contributed by atoms with E-state index >= 15 is 0 Å². The van der Waals surface area contributed by atoms with Gasteiger partial charge in [-0.1, -0.05) is 0 Å². The number of nitrogens with one attached hydrogen (secondary N) is 2. The monoisotopic (exact) mass is 349 g/mol. The minimum absolute atomic E-state index is 0.0446. The van der Waals surface area contributed by atoms with Gasteiger partial charge in [-0.2, -0.15) is 0 Å². The standard InChI is InChI=1S/C18H24FN3O3/c1-13(23)20-12-16-6-7-18(25-16)8-10-22(11-9-18)17(24)21-15-4-2-14(19)3-5-15/h2-5,16H,6-12H2,1H3,(H,20,23)(H,21,24)/t16-/m0/s1. The van der Waals surface area contributed by atoms with Gasteiger partial charge in [-0.3, -0.25) is 4.79 Å². The van der Waals surface area contributed by atoms with E-state index in [9.17, 15) is 14.0 Å². The van der Waals surface area contributed by atoms with Crippen molar-refractivity contribution in [2.45, 2.75) is 44.3 Å². The fraction of sp³-hybridized carbons (Fsp3) is 0.556. The van der Waals surface area contributed by atoms with Crippen molar-refractivity contribution in [1.82, 2.24) is 10.2 Å². The van der Waals surface area contributed by atoms with Gasteiger partial charge >= 0.3 is 6.03 Å². The summed E-state index contributed by atoms with van der Waals surface area (Å²) >= 11 is 0. The SMILES string of the molecule is CC(=O)NC[C@@H]1CCC2(CCN(C(=O)Nc3ccc(F)cc3)CC2)O1. The zero-order chi connectivity index (χ0) is 17.9. The van der Waals surface area contributed by atoms with E-state index in [2.05, 4.69) is 10.6 Å². The molecule has 1 spiro atoms. The first-order valence-corrected chi connectivity index (χ1v) is 8.70. The Balaban J connectivity index is 1.47. The van der Waals surface area contributed by atoms with Gasteiger partial charge in [0.25, 0.3) is 0 Å². The largest absolute Gasteiger partial charge is 0.370 e. The van der Waals surface area contributed by atoms with E-state index in [1.807, 2.05) is 0 Å². The van der Waals surface area contributed by atoms with Gasteiger partial charge in [0.15, 0.2) is 0 Å². The van der Waals surface area contributed by atoms with E-state index in [0.29, 0.717) is 25.3 Å². The van der Waals surface area contributed by atoms with Crippen molar-refractivity contribution in [3.63, 3.8) is 0 Å². The first kappa shape index (κ1) is 17.7. The van der Waals surface area contributed by atoms with Gasteiger partial charge in [-0.25, -0.2) is 9.18 Å². The molecule has 0 aromatic heterocycles. The van der Waals surface area contributed by atoms with Crippen LogP contribution >= 0.6 is 0 Å². The third-order valence-corrected chi connectivity index (χ3v) is 4.97. The average Bonchev–Trinajstić information content (AvgIpc) is 2.98. The molecule has 2 N–H and O–H groups in total. The third kappa shape index (κ3) is 4.48. The molecule has 6 nitrogen and oxygen atoms in total. The van der Waals surface area contributed by atoms with Crippen molar-refractivity contribution in [1.29, 1.82) is 0 Å². The Morgan fingerprint density at radius 3 is 2.56 bits per heavy atom.